The highest BCUT2D eigenvalue weighted by molar-refractivity contribution is 6.33. The largest absolute Gasteiger partial charge is 0.354 e. The molecule has 0 N–H and O–H groups in total. The molecule has 1 aromatic carbocycles. The van der Waals surface area contributed by atoms with Crippen LogP contribution < -0.4 is 4.90 Å². The van der Waals surface area contributed by atoms with E-state index in [1.807, 2.05) is 18.0 Å². The minimum absolute atomic E-state index is 0.248. The van der Waals surface area contributed by atoms with E-state index in [9.17, 15) is 4.39 Å². The van der Waals surface area contributed by atoms with Crippen LogP contribution >= 0.6 is 23.2 Å². The van der Waals surface area contributed by atoms with Crippen LogP contribution in [0.25, 0.3) is 0 Å². The van der Waals surface area contributed by atoms with Crippen molar-refractivity contribution in [1.29, 1.82) is 0 Å². The van der Waals surface area contributed by atoms with Gasteiger partial charge in [0.2, 0.25) is 0 Å². The summed E-state index contributed by atoms with van der Waals surface area (Å²) < 4.78 is 13.1. The maximum atomic E-state index is 13.1. The molecule has 2 rings (SSSR count). The molecule has 0 bridgehead atoms. The number of alkyl halides is 1. The average Bonchev–Trinajstić information content (AvgIpc) is 2.38. The number of nitrogens with zero attached hydrogens (tertiary/aromatic N) is 2. The molecule has 0 saturated carbocycles. The van der Waals surface area contributed by atoms with Gasteiger partial charge in [0.05, 0.1) is 5.02 Å². The van der Waals surface area contributed by atoms with Crippen LogP contribution in [0.1, 0.15) is 11.1 Å². The summed E-state index contributed by atoms with van der Waals surface area (Å²) in [6.07, 6.45) is 1.69. The van der Waals surface area contributed by atoms with E-state index in [1.54, 1.807) is 18.3 Å². The minimum Gasteiger partial charge on any atom is -0.354 e. The standard InChI is InChI=1S/C14H13Cl2FN2/c1-19(9-10-3-2-4-12(17)5-10)14-13(16)6-11(7-15)8-18-14/h2-6,8H,7,9H2,1H3. The van der Waals surface area contributed by atoms with E-state index in [2.05, 4.69) is 4.98 Å². The molecule has 0 aliphatic rings. The molecule has 0 aliphatic carbocycles. The van der Waals surface area contributed by atoms with Gasteiger partial charge in [-0.15, -0.1) is 11.6 Å². The van der Waals surface area contributed by atoms with Gasteiger partial charge in [0, 0.05) is 25.7 Å². The molecule has 0 unspecified atom stereocenters. The number of aromatic nitrogens is 1. The van der Waals surface area contributed by atoms with Crippen LogP contribution in [0, 0.1) is 5.82 Å². The summed E-state index contributed by atoms with van der Waals surface area (Å²) in [5.74, 6) is 0.780. The fourth-order valence-corrected chi connectivity index (χ4v) is 2.29. The quantitative estimate of drug-likeness (QED) is 0.785. The Hall–Kier alpha value is -1.32. The fraction of sp³-hybridized carbons (Fsp3) is 0.214. The molecule has 0 aliphatic heterocycles. The molecule has 0 amide bonds. The minimum atomic E-state index is -0.248. The maximum Gasteiger partial charge on any atom is 0.147 e. The Kier molecular flexibility index (Phi) is 4.61. The summed E-state index contributed by atoms with van der Waals surface area (Å²) in [7, 11) is 1.86. The van der Waals surface area contributed by atoms with E-state index < -0.39 is 0 Å². The van der Waals surface area contributed by atoms with Gasteiger partial charge < -0.3 is 4.90 Å². The molecule has 0 fully saturated rings. The summed E-state index contributed by atoms with van der Waals surface area (Å²) in [5, 5.41) is 0.539. The molecule has 1 aromatic heterocycles. The summed E-state index contributed by atoms with van der Waals surface area (Å²) in [6.45, 7) is 0.532. The number of hydrogen-bond acceptors (Lipinski definition) is 2. The first-order valence-corrected chi connectivity index (χ1v) is 6.67. The molecule has 0 saturated heterocycles. The maximum absolute atomic E-state index is 13.1. The number of benzene rings is 1. The topological polar surface area (TPSA) is 16.1 Å². The van der Waals surface area contributed by atoms with Crippen LogP contribution in [0.15, 0.2) is 36.5 Å². The first-order valence-electron chi connectivity index (χ1n) is 5.76. The van der Waals surface area contributed by atoms with Crippen molar-refractivity contribution in [3.05, 3.63) is 58.5 Å². The lowest BCUT2D eigenvalue weighted by Gasteiger charge is -2.19. The lowest BCUT2D eigenvalue weighted by molar-refractivity contribution is 0.625. The Morgan fingerprint density at radius 1 is 1.26 bits per heavy atom. The van der Waals surface area contributed by atoms with Crippen LogP contribution in [-0.2, 0) is 12.4 Å². The highest BCUT2D eigenvalue weighted by Crippen LogP contribution is 2.25. The van der Waals surface area contributed by atoms with Crippen molar-refractivity contribution in [2.75, 3.05) is 11.9 Å². The third-order valence-electron chi connectivity index (χ3n) is 2.70. The Balaban J connectivity index is 2.18. The molecule has 0 atom stereocenters. The molecule has 2 nitrogen and oxygen atoms in total. The number of halogens is 3. The van der Waals surface area contributed by atoms with Crippen molar-refractivity contribution in [3.63, 3.8) is 0 Å². The first-order chi connectivity index (χ1) is 9.10. The molecule has 2 aromatic rings. The smallest absolute Gasteiger partial charge is 0.147 e. The van der Waals surface area contributed by atoms with Gasteiger partial charge in [0.25, 0.3) is 0 Å². The van der Waals surface area contributed by atoms with Crippen molar-refractivity contribution >= 4 is 29.0 Å². The molecule has 0 radical (unpaired) electrons. The van der Waals surface area contributed by atoms with Gasteiger partial charge in [0.1, 0.15) is 11.6 Å². The second-order valence-corrected chi connectivity index (χ2v) is 4.94. The highest BCUT2D eigenvalue weighted by atomic mass is 35.5. The SMILES string of the molecule is CN(Cc1cccc(F)c1)c1ncc(CCl)cc1Cl. The van der Waals surface area contributed by atoms with E-state index >= 15 is 0 Å². The second-order valence-electron chi connectivity index (χ2n) is 4.27. The number of hydrogen-bond donors (Lipinski definition) is 0. The van der Waals surface area contributed by atoms with Gasteiger partial charge in [-0.05, 0) is 29.3 Å². The Bertz CT molecular complexity index is 575. The van der Waals surface area contributed by atoms with E-state index in [0.717, 1.165) is 11.1 Å². The number of anilines is 1. The normalized spacial score (nSPS) is 10.5. The number of rotatable bonds is 4. The molecule has 19 heavy (non-hydrogen) atoms. The predicted molar refractivity (Wildman–Crippen MR) is 77.3 cm³/mol. The zero-order valence-electron chi connectivity index (χ0n) is 10.4. The van der Waals surface area contributed by atoms with Crippen molar-refractivity contribution in [2.24, 2.45) is 0 Å². The third-order valence-corrected chi connectivity index (χ3v) is 3.29. The first kappa shape index (κ1) is 14.1. The molecule has 1 heterocycles. The van der Waals surface area contributed by atoms with Gasteiger partial charge >= 0.3 is 0 Å². The molecular formula is C14H13Cl2FN2. The molecule has 5 heteroatoms. The zero-order valence-corrected chi connectivity index (χ0v) is 11.9. The fourth-order valence-electron chi connectivity index (χ4n) is 1.81. The molecular weight excluding hydrogens is 286 g/mol. The Morgan fingerprint density at radius 3 is 2.68 bits per heavy atom. The van der Waals surface area contributed by atoms with Crippen LogP contribution in [0.4, 0.5) is 10.2 Å². The van der Waals surface area contributed by atoms with Crippen LogP contribution in [0.3, 0.4) is 0 Å². The lowest BCUT2D eigenvalue weighted by Crippen LogP contribution is -2.18. The molecule has 0 spiro atoms. The van der Waals surface area contributed by atoms with E-state index in [4.69, 9.17) is 23.2 Å². The Morgan fingerprint density at radius 2 is 2.05 bits per heavy atom. The van der Waals surface area contributed by atoms with Gasteiger partial charge in [-0.25, -0.2) is 9.37 Å². The van der Waals surface area contributed by atoms with Crippen molar-refractivity contribution < 1.29 is 4.39 Å². The van der Waals surface area contributed by atoms with E-state index in [0.29, 0.717) is 23.3 Å². The monoisotopic (exact) mass is 298 g/mol. The van der Waals surface area contributed by atoms with Gasteiger partial charge in [-0.1, -0.05) is 23.7 Å². The van der Waals surface area contributed by atoms with Gasteiger partial charge in [-0.2, -0.15) is 0 Å². The van der Waals surface area contributed by atoms with Crippen molar-refractivity contribution in [2.45, 2.75) is 12.4 Å². The molecule has 100 valence electrons. The summed E-state index contributed by atoms with van der Waals surface area (Å²) in [6, 6.07) is 8.26. The average molecular weight is 299 g/mol. The van der Waals surface area contributed by atoms with Crippen LogP contribution in [0.5, 0.6) is 0 Å². The van der Waals surface area contributed by atoms with Gasteiger partial charge in [0.15, 0.2) is 0 Å². The predicted octanol–water partition coefficient (Wildman–Crippen LogP) is 4.25. The van der Waals surface area contributed by atoms with Crippen molar-refractivity contribution in [3.8, 4) is 0 Å². The van der Waals surface area contributed by atoms with Gasteiger partial charge in [-0.3, -0.25) is 0 Å². The van der Waals surface area contributed by atoms with E-state index in [1.165, 1.54) is 12.1 Å². The highest BCUT2D eigenvalue weighted by Gasteiger charge is 2.09. The lowest BCUT2D eigenvalue weighted by atomic mass is 10.2. The third kappa shape index (κ3) is 3.58. The second kappa shape index (κ2) is 6.22. The summed E-state index contributed by atoms with van der Waals surface area (Å²) in [5.41, 5.74) is 1.73. The van der Waals surface area contributed by atoms with Crippen LogP contribution in [0.2, 0.25) is 5.02 Å². The van der Waals surface area contributed by atoms with Crippen LogP contribution in [-0.4, -0.2) is 12.0 Å². The Labute approximate surface area is 121 Å². The van der Waals surface area contributed by atoms with E-state index in [-0.39, 0.29) is 5.82 Å². The number of pyridine rings is 1. The van der Waals surface area contributed by atoms with Crippen molar-refractivity contribution in [1.82, 2.24) is 4.98 Å². The summed E-state index contributed by atoms with van der Waals surface area (Å²) in [4.78, 5) is 6.15. The zero-order chi connectivity index (χ0) is 13.8. The summed E-state index contributed by atoms with van der Waals surface area (Å²) >= 11 is 11.9.